The fraction of sp³-hybridized carbons (Fsp3) is 0.444. The van der Waals surface area contributed by atoms with E-state index < -0.39 is 11.9 Å². The lowest BCUT2D eigenvalue weighted by Gasteiger charge is -2.19. The summed E-state index contributed by atoms with van der Waals surface area (Å²) in [6.07, 6.45) is 0.468. The molecule has 1 fully saturated rings. The van der Waals surface area contributed by atoms with E-state index >= 15 is 0 Å². The summed E-state index contributed by atoms with van der Waals surface area (Å²) in [5.74, 6) is -1.05. The molecule has 5 nitrogen and oxygen atoms in total. The first-order valence-corrected chi connectivity index (χ1v) is 5.28. The highest BCUT2D eigenvalue weighted by Crippen LogP contribution is 2.29. The number of ether oxygens (including phenoxy) is 1. The van der Waals surface area contributed by atoms with Crippen LogP contribution in [0.25, 0.3) is 0 Å². The van der Waals surface area contributed by atoms with Crippen molar-refractivity contribution in [2.45, 2.75) is 18.8 Å². The van der Waals surface area contributed by atoms with Crippen LogP contribution in [-0.4, -0.2) is 21.7 Å². The second kappa shape index (κ2) is 3.77. The van der Waals surface area contributed by atoms with Crippen LogP contribution < -0.4 is 0 Å². The maximum absolute atomic E-state index is 11.1. The van der Waals surface area contributed by atoms with Crippen LogP contribution in [0.4, 0.5) is 0 Å². The predicted molar refractivity (Wildman–Crippen MR) is 54.0 cm³/mol. The van der Waals surface area contributed by atoms with Crippen molar-refractivity contribution < 1.29 is 14.3 Å². The Morgan fingerprint density at radius 1 is 1.47 bits per heavy atom. The van der Waals surface area contributed by atoms with Gasteiger partial charge in [0.15, 0.2) is 0 Å². The molecule has 0 atom stereocenters. The van der Waals surface area contributed by atoms with Crippen molar-refractivity contribution in [3.05, 3.63) is 16.4 Å². The second-order valence-electron chi connectivity index (χ2n) is 3.47. The lowest BCUT2D eigenvalue weighted by atomic mass is 9.96. The number of hydrogen-bond donors (Lipinski definition) is 0. The van der Waals surface area contributed by atoms with Crippen molar-refractivity contribution in [3.63, 3.8) is 0 Å². The summed E-state index contributed by atoms with van der Waals surface area (Å²) in [4.78, 5) is 22.2. The summed E-state index contributed by atoms with van der Waals surface area (Å²) < 4.78 is 6.83. The van der Waals surface area contributed by atoms with Gasteiger partial charge in [0.2, 0.25) is 0 Å². The highest BCUT2D eigenvalue weighted by atomic mass is 79.9. The first kappa shape index (κ1) is 10.4. The van der Waals surface area contributed by atoms with Crippen molar-refractivity contribution in [1.82, 2.24) is 9.78 Å². The molecule has 1 aromatic rings. The number of halogens is 1. The molecule has 1 aliphatic rings. The van der Waals surface area contributed by atoms with Gasteiger partial charge in [-0.25, -0.2) is 0 Å². The molecule has 80 valence electrons. The summed E-state index contributed by atoms with van der Waals surface area (Å²) in [5.41, 5.74) is 0.867. The molecule has 1 aliphatic heterocycles. The van der Waals surface area contributed by atoms with Crippen LogP contribution in [0.15, 0.2) is 10.7 Å². The van der Waals surface area contributed by atoms with E-state index in [1.165, 1.54) is 0 Å². The van der Waals surface area contributed by atoms with E-state index in [-0.39, 0.29) is 18.8 Å². The number of esters is 2. The fourth-order valence-electron chi connectivity index (χ4n) is 1.72. The minimum absolute atomic E-state index is 0.123. The Bertz CT molecular complexity index is 411. The summed E-state index contributed by atoms with van der Waals surface area (Å²) in [5, 5.41) is 4.11. The molecular formula is C9H9BrN2O3. The molecule has 0 bridgehead atoms. The van der Waals surface area contributed by atoms with E-state index in [0.717, 1.165) is 5.69 Å². The van der Waals surface area contributed by atoms with E-state index in [2.05, 4.69) is 25.8 Å². The van der Waals surface area contributed by atoms with Gasteiger partial charge in [-0.1, -0.05) is 0 Å². The van der Waals surface area contributed by atoms with Gasteiger partial charge in [0, 0.05) is 18.7 Å². The summed E-state index contributed by atoms with van der Waals surface area (Å²) in [6, 6.07) is 1.82. The molecule has 0 unspecified atom stereocenters. The number of rotatable bonds is 1. The number of nitrogens with zero attached hydrogens (tertiary/aromatic N) is 2. The van der Waals surface area contributed by atoms with Gasteiger partial charge in [0.25, 0.3) is 0 Å². The highest BCUT2D eigenvalue weighted by Gasteiger charge is 2.30. The van der Waals surface area contributed by atoms with Gasteiger partial charge in [0.05, 0.1) is 12.8 Å². The second-order valence-corrected chi connectivity index (χ2v) is 4.28. The average Bonchev–Trinajstić information content (AvgIpc) is 2.43. The largest absolute Gasteiger partial charge is 0.393 e. The molecule has 15 heavy (non-hydrogen) atoms. The third-order valence-electron chi connectivity index (χ3n) is 2.36. The number of aromatic nitrogens is 2. The van der Waals surface area contributed by atoms with Crippen molar-refractivity contribution in [3.8, 4) is 0 Å². The third kappa shape index (κ3) is 2.09. The van der Waals surface area contributed by atoms with Crippen LogP contribution in [0.1, 0.15) is 24.5 Å². The highest BCUT2D eigenvalue weighted by molar-refractivity contribution is 9.10. The molecule has 0 aromatic carbocycles. The predicted octanol–water partition coefficient (Wildman–Crippen LogP) is 1.13. The zero-order valence-electron chi connectivity index (χ0n) is 8.07. The van der Waals surface area contributed by atoms with Crippen LogP contribution in [0, 0.1) is 0 Å². The van der Waals surface area contributed by atoms with Gasteiger partial charge in [-0.15, -0.1) is 0 Å². The summed E-state index contributed by atoms with van der Waals surface area (Å²) in [6.45, 7) is 0. The normalized spacial score (nSPS) is 18.0. The van der Waals surface area contributed by atoms with Crippen molar-refractivity contribution >= 4 is 27.9 Å². The smallest absolute Gasteiger partial charge is 0.314 e. The summed E-state index contributed by atoms with van der Waals surface area (Å²) in [7, 11) is 1.78. The van der Waals surface area contributed by atoms with E-state index in [9.17, 15) is 9.59 Å². The fourth-order valence-corrected chi connectivity index (χ4v) is 2.19. The number of carbonyl (C=O) groups is 2. The number of cyclic esters (lactones) is 2. The number of aryl methyl sites for hydroxylation is 1. The molecule has 0 amide bonds. The van der Waals surface area contributed by atoms with Gasteiger partial charge in [-0.2, -0.15) is 5.10 Å². The Hall–Kier alpha value is -1.17. The molecule has 0 aliphatic carbocycles. The van der Waals surface area contributed by atoms with Crippen LogP contribution >= 0.6 is 15.9 Å². The van der Waals surface area contributed by atoms with Crippen LogP contribution in [0.5, 0.6) is 0 Å². The Morgan fingerprint density at radius 3 is 2.53 bits per heavy atom. The Kier molecular flexibility index (Phi) is 2.60. The van der Waals surface area contributed by atoms with E-state index in [0.29, 0.717) is 4.60 Å². The Labute approximate surface area is 94.5 Å². The van der Waals surface area contributed by atoms with Crippen molar-refractivity contribution in [1.29, 1.82) is 0 Å². The topological polar surface area (TPSA) is 61.2 Å². The van der Waals surface area contributed by atoms with Gasteiger partial charge in [-0.3, -0.25) is 14.3 Å². The molecule has 1 saturated heterocycles. The maximum Gasteiger partial charge on any atom is 0.314 e. The first-order chi connectivity index (χ1) is 7.06. The minimum atomic E-state index is -0.464. The molecule has 6 heteroatoms. The average molecular weight is 273 g/mol. The van der Waals surface area contributed by atoms with Gasteiger partial charge in [-0.05, 0) is 22.0 Å². The van der Waals surface area contributed by atoms with Crippen molar-refractivity contribution in [2.75, 3.05) is 0 Å². The van der Waals surface area contributed by atoms with E-state index in [1.54, 1.807) is 11.7 Å². The SMILES string of the molecule is Cn1nc(Br)cc1C1CC(=O)OC(=O)C1. The molecule has 2 heterocycles. The minimum Gasteiger partial charge on any atom is -0.393 e. The molecule has 0 spiro atoms. The number of carbonyl (C=O) groups excluding carboxylic acids is 2. The van der Waals surface area contributed by atoms with Crippen LogP contribution in [0.3, 0.4) is 0 Å². The zero-order valence-corrected chi connectivity index (χ0v) is 9.65. The Balaban J connectivity index is 2.27. The molecule has 0 saturated carbocycles. The van der Waals surface area contributed by atoms with E-state index in [4.69, 9.17) is 0 Å². The first-order valence-electron chi connectivity index (χ1n) is 4.49. The van der Waals surface area contributed by atoms with Crippen molar-refractivity contribution in [2.24, 2.45) is 7.05 Å². The lowest BCUT2D eigenvalue weighted by Crippen LogP contribution is -2.25. The van der Waals surface area contributed by atoms with E-state index in [1.807, 2.05) is 6.07 Å². The number of hydrogen-bond acceptors (Lipinski definition) is 4. The molecule has 0 N–H and O–H groups in total. The zero-order chi connectivity index (χ0) is 11.0. The molecule has 1 aromatic heterocycles. The maximum atomic E-state index is 11.1. The molecule has 2 rings (SSSR count). The van der Waals surface area contributed by atoms with Crippen LogP contribution in [-0.2, 0) is 21.4 Å². The lowest BCUT2D eigenvalue weighted by molar-refractivity contribution is -0.164. The summed E-state index contributed by atoms with van der Waals surface area (Å²) >= 11 is 3.25. The van der Waals surface area contributed by atoms with Gasteiger partial charge >= 0.3 is 11.9 Å². The molecular weight excluding hydrogens is 264 g/mol. The Morgan fingerprint density at radius 2 is 2.07 bits per heavy atom. The van der Waals surface area contributed by atoms with Gasteiger partial charge in [0.1, 0.15) is 4.60 Å². The third-order valence-corrected chi connectivity index (χ3v) is 2.75. The van der Waals surface area contributed by atoms with Gasteiger partial charge < -0.3 is 4.74 Å². The van der Waals surface area contributed by atoms with Crippen LogP contribution in [0.2, 0.25) is 0 Å². The molecule has 0 radical (unpaired) electrons. The quantitative estimate of drug-likeness (QED) is 0.568. The monoisotopic (exact) mass is 272 g/mol. The standard InChI is InChI=1S/C9H9BrN2O3/c1-12-6(4-7(10)11-12)5-2-8(13)15-9(14)3-5/h4-5H,2-3H2,1H3.